The molecular weight excluding hydrogens is 218 g/mol. The molecule has 2 heterocycles. The molecule has 1 aliphatic rings. The summed E-state index contributed by atoms with van der Waals surface area (Å²) in [5, 5.41) is 9.10. The summed E-state index contributed by atoms with van der Waals surface area (Å²) in [6, 6.07) is 7.62. The van der Waals surface area contributed by atoms with Gasteiger partial charge in [0.1, 0.15) is 5.82 Å². The van der Waals surface area contributed by atoms with Crippen LogP contribution >= 0.6 is 0 Å². The molecule has 5 nitrogen and oxygen atoms in total. The number of H-pyrrole nitrogens is 1. The highest BCUT2D eigenvalue weighted by atomic mass is 16.4. The van der Waals surface area contributed by atoms with Crippen LogP contribution in [0.15, 0.2) is 24.3 Å². The minimum absolute atomic E-state index is 0.125. The first-order valence-corrected chi connectivity index (χ1v) is 5.70. The van der Waals surface area contributed by atoms with Crippen molar-refractivity contribution in [2.75, 3.05) is 6.54 Å². The van der Waals surface area contributed by atoms with Crippen molar-refractivity contribution >= 4 is 17.1 Å². The number of amides is 1. The zero-order valence-corrected chi connectivity index (χ0v) is 9.26. The second-order valence-electron chi connectivity index (χ2n) is 4.27. The van der Waals surface area contributed by atoms with Gasteiger partial charge in [-0.15, -0.1) is 0 Å². The largest absolute Gasteiger partial charge is 0.465 e. The Labute approximate surface area is 98.1 Å². The number of hydrogen-bond donors (Lipinski definition) is 2. The second kappa shape index (κ2) is 3.76. The van der Waals surface area contributed by atoms with Crippen molar-refractivity contribution < 1.29 is 9.90 Å². The van der Waals surface area contributed by atoms with E-state index in [1.165, 1.54) is 4.90 Å². The molecular formula is C12H13N3O2. The van der Waals surface area contributed by atoms with E-state index in [1.54, 1.807) is 0 Å². The van der Waals surface area contributed by atoms with Crippen LogP contribution in [-0.4, -0.2) is 32.6 Å². The molecule has 2 aromatic rings. The van der Waals surface area contributed by atoms with Gasteiger partial charge in [-0.1, -0.05) is 12.1 Å². The van der Waals surface area contributed by atoms with Crippen LogP contribution in [0, 0.1) is 0 Å². The summed E-state index contributed by atoms with van der Waals surface area (Å²) in [6.45, 7) is 0.594. The van der Waals surface area contributed by atoms with Crippen LogP contribution in [0.25, 0.3) is 11.0 Å². The van der Waals surface area contributed by atoms with Crippen LogP contribution in [0.5, 0.6) is 0 Å². The quantitative estimate of drug-likeness (QED) is 0.791. The van der Waals surface area contributed by atoms with E-state index in [0.717, 1.165) is 29.7 Å². The van der Waals surface area contributed by atoms with Gasteiger partial charge in [-0.3, -0.25) is 4.90 Å². The van der Waals surface area contributed by atoms with Crippen molar-refractivity contribution in [3.8, 4) is 0 Å². The van der Waals surface area contributed by atoms with Gasteiger partial charge in [0.05, 0.1) is 17.1 Å². The van der Waals surface area contributed by atoms with Crippen LogP contribution in [0.2, 0.25) is 0 Å². The number of nitrogens with zero attached hydrogens (tertiary/aromatic N) is 2. The molecule has 1 atom stereocenters. The van der Waals surface area contributed by atoms with Crippen molar-refractivity contribution in [1.29, 1.82) is 0 Å². The molecule has 1 saturated heterocycles. The Balaban J connectivity index is 2.00. The summed E-state index contributed by atoms with van der Waals surface area (Å²) in [7, 11) is 0. The summed E-state index contributed by atoms with van der Waals surface area (Å²) >= 11 is 0. The molecule has 88 valence electrons. The highest BCUT2D eigenvalue weighted by molar-refractivity contribution is 5.75. The van der Waals surface area contributed by atoms with Crippen molar-refractivity contribution in [1.82, 2.24) is 14.9 Å². The zero-order chi connectivity index (χ0) is 11.8. The number of fused-ring (bicyclic) bond motifs is 1. The Bertz CT molecular complexity index is 531. The summed E-state index contributed by atoms with van der Waals surface area (Å²) in [5.74, 6) is 0.756. The van der Waals surface area contributed by atoms with E-state index in [2.05, 4.69) is 9.97 Å². The summed E-state index contributed by atoms with van der Waals surface area (Å²) in [5.41, 5.74) is 1.85. The number of likely N-dealkylation sites (tertiary alicyclic amines) is 1. The van der Waals surface area contributed by atoms with Crippen molar-refractivity contribution in [2.24, 2.45) is 0 Å². The van der Waals surface area contributed by atoms with Gasteiger partial charge < -0.3 is 10.1 Å². The van der Waals surface area contributed by atoms with Gasteiger partial charge in [0, 0.05) is 6.54 Å². The molecule has 0 unspecified atom stereocenters. The summed E-state index contributed by atoms with van der Waals surface area (Å²) in [4.78, 5) is 20.2. The molecule has 1 amide bonds. The summed E-state index contributed by atoms with van der Waals surface area (Å²) < 4.78 is 0. The standard InChI is InChI=1S/C12H13N3O2/c16-12(17)15-7-3-6-10(15)11-13-8-4-1-2-5-9(8)14-11/h1-2,4-5,10H,3,6-7H2,(H,13,14)(H,16,17)/t10-/m0/s1. The van der Waals surface area contributed by atoms with E-state index in [0.29, 0.717) is 6.54 Å². The predicted octanol–water partition coefficient (Wildman–Crippen LogP) is 2.38. The number of aromatic amines is 1. The van der Waals surface area contributed by atoms with Gasteiger partial charge >= 0.3 is 6.09 Å². The van der Waals surface area contributed by atoms with E-state index in [-0.39, 0.29) is 6.04 Å². The Morgan fingerprint density at radius 2 is 2.29 bits per heavy atom. The first-order chi connectivity index (χ1) is 8.25. The molecule has 0 saturated carbocycles. The molecule has 1 aromatic carbocycles. The number of para-hydroxylation sites is 2. The first-order valence-electron chi connectivity index (χ1n) is 5.70. The fourth-order valence-corrected chi connectivity index (χ4v) is 2.41. The van der Waals surface area contributed by atoms with E-state index >= 15 is 0 Å². The molecule has 5 heteroatoms. The smallest absolute Gasteiger partial charge is 0.407 e. The van der Waals surface area contributed by atoms with E-state index in [9.17, 15) is 4.79 Å². The van der Waals surface area contributed by atoms with Gasteiger partial charge in [-0.05, 0) is 25.0 Å². The van der Waals surface area contributed by atoms with E-state index in [4.69, 9.17) is 5.11 Å². The molecule has 0 bridgehead atoms. The number of hydrogen-bond acceptors (Lipinski definition) is 2. The van der Waals surface area contributed by atoms with Gasteiger partial charge in [-0.2, -0.15) is 0 Å². The topological polar surface area (TPSA) is 69.2 Å². The minimum Gasteiger partial charge on any atom is -0.465 e. The lowest BCUT2D eigenvalue weighted by atomic mass is 10.2. The zero-order valence-electron chi connectivity index (χ0n) is 9.26. The molecule has 2 N–H and O–H groups in total. The minimum atomic E-state index is -0.868. The fraction of sp³-hybridized carbons (Fsp3) is 0.333. The van der Waals surface area contributed by atoms with Gasteiger partial charge in [0.15, 0.2) is 0 Å². The number of imidazole rings is 1. The molecule has 1 aliphatic heterocycles. The lowest BCUT2D eigenvalue weighted by Gasteiger charge is -2.19. The lowest BCUT2D eigenvalue weighted by Crippen LogP contribution is -2.29. The molecule has 3 rings (SSSR count). The van der Waals surface area contributed by atoms with Crippen LogP contribution in [0.1, 0.15) is 24.7 Å². The molecule has 1 fully saturated rings. The van der Waals surface area contributed by atoms with Gasteiger partial charge in [0.25, 0.3) is 0 Å². The number of aromatic nitrogens is 2. The Hall–Kier alpha value is -2.04. The number of nitrogens with one attached hydrogen (secondary N) is 1. The maximum Gasteiger partial charge on any atom is 0.407 e. The van der Waals surface area contributed by atoms with Crippen LogP contribution in [-0.2, 0) is 0 Å². The Kier molecular flexibility index (Phi) is 2.24. The molecule has 1 aromatic heterocycles. The van der Waals surface area contributed by atoms with E-state index < -0.39 is 6.09 Å². The van der Waals surface area contributed by atoms with Gasteiger partial charge in [0.2, 0.25) is 0 Å². The Morgan fingerprint density at radius 1 is 1.47 bits per heavy atom. The SMILES string of the molecule is O=C(O)N1CCC[C@H]1c1nc2ccccc2[nH]1. The Morgan fingerprint density at radius 3 is 3.06 bits per heavy atom. The van der Waals surface area contributed by atoms with Gasteiger partial charge in [-0.25, -0.2) is 9.78 Å². The average Bonchev–Trinajstić information content (AvgIpc) is 2.95. The number of carboxylic acid groups (broad SMARTS) is 1. The maximum absolute atomic E-state index is 11.1. The maximum atomic E-state index is 11.1. The van der Waals surface area contributed by atoms with Crippen LogP contribution in [0.3, 0.4) is 0 Å². The normalized spacial score (nSPS) is 20.0. The highest BCUT2D eigenvalue weighted by Crippen LogP contribution is 2.31. The van der Waals surface area contributed by atoms with E-state index in [1.807, 2.05) is 24.3 Å². The monoisotopic (exact) mass is 231 g/mol. The predicted molar refractivity (Wildman–Crippen MR) is 62.8 cm³/mol. The van der Waals surface area contributed by atoms with Crippen molar-refractivity contribution in [3.05, 3.63) is 30.1 Å². The number of carbonyl (C=O) groups is 1. The molecule has 17 heavy (non-hydrogen) atoms. The molecule has 0 spiro atoms. The number of benzene rings is 1. The number of rotatable bonds is 1. The third-order valence-corrected chi connectivity index (χ3v) is 3.22. The highest BCUT2D eigenvalue weighted by Gasteiger charge is 2.31. The lowest BCUT2D eigenvalue weighted by molar-refractivity contribution is 0.139. The van der Waals surface area contributed by atoms with Crippen molar-refractivity contribution in [3.63, 3.8) is 0 Å². The average molecular weight is 231 g/mol. The second-order valence-corrected chi connectivity index (χ2v) is 4.27. The van der Waals surface area contributed by atoms with Crippen molar-refractivity contribution in [2.45, 2.75) is 18.9 Å². The first kappa shape index (κ1) is 10.1. The van der Waals surface area contributed by atoms with Crippen LogP contribution in [0.4, 0.5) is 4.79 Å². The molecule has 0 radical (unpaired) electrons. The fourth-order valence-electron chi connectivity index (χ4n) is 2.41. The molecule has 0 aliphatic carbocycles. The third kappa shape index (κ3) is 1.63. The third-order valence-electron chi connectivity index (χ3n) is 3.22. The van der Waals surface area contributed by atoms with Crippen LogP contribution < -0.4 is 0 Å². The summed E-state index contributed by atoms with van der Waals surface area (Å²) in [6.07, 6.45) is 0.869.